The lowest BCUT2D eigenvalue weighted by molar-refractivity contribution is 0.0414. The third-order valence-corrected chi connectivity index (χ3v) is 7.32. The van der Waals surface area contributed by atoms with Crippen molar-refractivity contribution in [3.63, 3.8) is 0 Å². The van der Waals surface area contributed by atoms with Gasteiger partial charge < -0.3 is 19.7 Å². The van der Waals surface area contributed by atoms with Gasteiger partial charge in [-0.2, -0.15) is 0 Å². The molecule has 0 unspecified atom stereocenters. The molecule has 0 heterocycles. The fourth-order valence-corrected chi connectivity index (χ4v) is 4.92. The van der Waals surface area contributed by atoms with Gasteiger partial charge in [-0.15, -0.1) is 0 Å². The van der Waals surface area contributed by atoms with Crippen molar-refractivity contribution in [1.82, 2.24) is 0 Å². The van der Waals surface area contributed by atoms with E-state index in [0.29, 0.717) is 28.2 Å². The zero-order valence-corrected chi connectivity index (χ0v) is 28.6. The Morgan fingerprint density at radius 2 is 1.07 bits per heavy atom. The molecule has 234 valence electrons. The van der Waals surface area contributed by atoms with Gasteiger partial charge >= 0.3 is 0 Å². The molecule has 3 aromatic rings. The number of hydrogen-bond acceptors (Lipinski definition) is 5. The molecule has 3 aromatic carbocycles. The zero-order valence-electron chi connectivity index (χ0n) is 28.6. The van der Waals surface area contributed by atoms with E-state index in [-0.39, 0.29) is 16.6 Å². The second-order valence-corrected chi connectivity index (χ2v) is 15.6. The largest absolute Gasteiger partial charge is 0.507 e. The number of phenols is 1. The number of nitrogens with zero attached hydrogens (tertiary/aromatic N) is 1. The van der Waals surface area contributed by atoms with E-state index in [1.54, 1.807) is 24.4 Å². The second-order valence-electron chi connectivity index (χ2n) is 15.6. The average molecular weight is 588 g/mol. The van der Waals surface area contributed by atoms with E-state index in [1.807, 2.05) is 66.7 Å². The molecule has 1 atom stereocenters. The van der Waals surface area contributed by atoms with Crippen molar-refractivity contribution in [2.75, 3.05) is 0 Å². The Hall–Kier alpha value is -3.31. The lowest BCUT2D eigenvalue weighted by Crippen LogP contribution is -2.41. The number of aromatic hydroxyl groups is 1. The smallest absolute Gasteiger partial charge is 0.144 e. The molecule has 0 fully saturated rings. The standard InChI is InChI=1S/C38H53NO4/c1-25(39-24-26-16-14-15-17-31(26)40)38(41,29-22-27(34(2,3)4)18-20-32(29)42-36(8,9)10)30-23-28(35(5,6)7)19-21-33(30)43-37(11,12)13/h14-25,40-41H,1-13H3/t25-/m0/s1. The molecule has 5 heteroatoms. The van der Waals surface area contributed by atoms with Gasteiger partial charge in [0.05, 0.1) is 6.04 Å². The van der Waals surface area contributed by atoms with Crippen LogP contribution in [0.1, 0.15) is 118 Å². The minimum atomic E-state index is -1.68. The molecule has 0 bridgehead atoms. The van der Waals surface area contributed by atoms with Gasteiger partial charge in [0.15, 0.2) is 0 Å². The van der Waals surface area contributed by atoms with E-state index in [2.05, 4.69) is 65.8 Å². The number of benzene rings is 3. The van der Waals surface area contributed by atoms with Crippen LogP contribution in [0.2, 0.25) is 0 Å². The Bertz CT molecular complexity index is 1360. The maximum Gasteiger partial charge on any atom is 0.144 e. The van der Waals surface area contributed by atoms with Crippen LogP contribution in [-0.2, 0) is 16.4 Å². The topological polar surface area (TPSA) is 71.3 Å². The summed E-state index contributed by atoms with van der Waals surface area (Å²) in [5, 5.41) is 23.8. The first-order valence-corrected chi connectivity index (χ1v) is 15.2. The molecule has 0 aliphatic rings. The summed E-state index contributed by atoms with van der Waals surface area (Å²) < 4.78 is 13.1. The van der Waals surface area contributed by atoms with Crippen molar-refractivity contribution in [2.45, 2.75) is 124 Å². The van der Waals surface area contributed by atoms with Crippen molar-refractivity contribution in [3.05, 3.63) is 88.5 Å². The summed E-state index contributed by atoms with van der Waals surface area (Å²) in [5.74, 6) is 1.28. The summed E-state index contributed by atoms with van der Waals surface area (Å²) >= 11 is 0. The predicted molar refractivity (Wildman–Crippen MR) is 179 cm³/mol. The fraction of sp³-hybridized carbons (Fsp3) is 0.500. The number of para-hydroxylation sites is 1. The zero-order chi connectivity index (χ0) is 32.6. The number of hydrogen-bond donors (Lipinski definition) is 2. The Labute approximate surface area is 260 Å². The lowest BCUT2D eigenvalue weighted by Gasteiger charge is -2.39. The number of phenolic OH excluding ortho intramolecular Hbond substituents is 1. The quantitative estimate of drug-likeness (QED) is 0.271. The predicted octanol–water partition coefficient (Wildman–Crippen LogP) is 9.09. The van der Waals surface area contributed by atoms with Crippen molar-refractivity contribution >= 4 is 6.21 Å². The van der Waals surface area contributed by atoms with Crippen LogP contribution >= 0.6 is 0 Å². The Morgan fingerprint density at radius 3 is 1.44 bits per heavy atom. The van der Waals surface area contributed by atoms with Gasteiger partial charge in [0.25, 0.3) is 0 Å². The molecule has 5 nitrogen and oxygen atoms in total. The van der Waals surface area contributed by atoms with E-state index in [9.17, 15) is 10.2 Å². The van der Waals surface area contributed by atoms with E-state index in [4.69, 9.17) is 14.5 Å². The molecule has 0 aliphatic heterocycles. The van der Waals surface area contributed by atoms with Gasteiger partial charge in [0.1, 0.15) is 34.1 Å². The highest BCUT2D eigenvalue weighted by atomic mass is 16.5. The van der Waals surface area contributed by atoms with Crippen LogP contribution in [0.25, 0.3) is 0 Å². The van der Waals surface area contributed by atoms with Gasteiger partial charge in [-0.1, -0.05) is 65.8 Å². The molecule has 3 rings (SSSR count). The normalized spacial score (nSPS) is 14.2. The minimum Gasteiger partial charge on any atom is -0.507 e. The van der Waals surface area contributed by atoms with Crippen LogP contribution in [0.4, 0.5) is 0 Å². The molecule has 0 radical (unpaired) electrons. The first-order valence-electron chi connectivity index (χ1n) is 15.2. The van der Waals surface area contributed by atoms with Crippen LogP contribution in [-0.4, -0.2) is 33.7 Å². The summed E-state index contributed by atoms with van der Waals surface area (Å²) in [6, 6.07) is 18.5. The third kappa shape index (κ3) is 8.41. The molecular formula is C38H53NO4. The van der Waals surface area contributed by atoms with Crippen molar-refractivity contribution in [2.24, 2.45) is 4.99 Å². The SMILES string of the molecule is C[C@H](N=Cc1ccccc1O)C(O)(c1cc(C(C)(C)C)ccc1OC(C)(C)C)c1cc(C(C)(C)C)ccc1OC(C)(C)C. The maximum atomic E-state index is 13.4. The number of rotatable bonds is 7. The summed E-state index contributed by atoms with van der Waals surface area (Å²) in [6.07, 6.45) is 1.63. The molecular weight excluding hydrogens is 534 g/mol. The average Bonchev–Trinajstić information content (AvgIpc) is 2.85. The molecule has 0 spiro atoms. The summed E-state index contributed by atoms with van der Waals surface area (Å²) in [6.45, 7) is 26.8. The van der Waals surface area contributed by atoms with Crippen LogP contribution in [0.3, 0.4) is 0 Å². The van der Waals surface area contributed by atoms with Crippen LogP contribution < -0.4 is 9.47 Å². The van der Waals surface area contributed by atoms with Crippen LogP contribution in [0.5, 0.6) is 17.2 Å². The number of ether oxygens (including phenoxy) is 2. The third-order valence-electron chi connectivity index (χ3n) is 7.32. The highest BCUT2D eigenvalue weighted by molar-refractivity contribution is 5.83. The van der Waals surface area contributed by atoms with Gasteiger partial charge in [0.2, 0.25) is 0 Å². The molecule has 0 saturated heterocycles. The maximum absolute atomic E-state index is 13.4. The van der Waals surface area contributed by atoms with Crippen molar-refractivity contribution in [3.8, 4) is 17.2 Å². The van der Waals surface area contributed by atoms with Crippen LogP contribution in [0.15, 0.2) is 65.7 Å². The van der Waals surface area contributed by atoms with E-state index >= 15 is 0 Å². The first-order chi connectivity index (χ1) is 19.5. The van der Waals surface area contributed by atoms with E-state index in [0.717, 1.165) is 11.1 Å². The molecule has 0 saturated carbocycles. The molecule has 0 aliphatic carbocycles. The number of aliphatic imine (C=N–C) groups is 1. The second kappa shape index (κ2) is 12.0. The van der Waals surface area contributed by atoms with E-state index < -0.39 is 22.8 Å². The molecule has 43 heavy (non-hydrogen) atoms. The first kappa shape index (κ1) is 34.2. The number of aliphatic hydroxyl groups is 1. The monoisotopic (exact) mass is 587 g/mol. The van der Waals surface area contributed by atoms with Gasteiger partial charge in [-0.25, -0.2) is 0 Å². The van der Waals surface area contributed by atoms with Gasteiger partial charge in [-0.05, 0) is 107 Å². The van der Waals surface area contributed by atoms with Crippen molar-refractivity contribution < 1.29 is 19.7 Å². The van der Waals surface area contributed by atoms with E-state index in [1.165, 1.54) is 0 Å². The molecule has 2 N–H and O–H groups in total. The Balaban J connectivity index is 2.48. The molecule has 0 aromatic heterocycles. The van der Waals surface area contributed by atoms with Crippen molar-refractivity contribution in [1.29, 1.82) is 0 Å². The highest BCUT2D eigenvalue weighted by Crippen LogP contribution is 2.47. The summed E-state index contributed by atoms with van der Waals surface area (Å²) in [7, 11) is 0. The van der Waals surface area contributed by atoms with Gasteiger partial charge in [-0.3, -0.25) is 4.99 Å². The van der Waals surface area contributed by atoms with Gasteiger partial charge in [0, 0.05) is 22.9 Å². The lowest BCUT2D eigenvalue weighted by atomic mass is 9.75. The Kier molecular flexibility index (Phi) is 9.54. The summed E-state index contributed by atoms with van der Waals surface area (Å²) in [5.41, 5.74) is 0.841. The summed E-state index contributed by atoms with van der Waals surface area (Å²) in [4.78, 5) is 4.89. The van der Waals surface area contributed by atoms with Crippen LogP contribution in [0, 0.1) is 0 Å². The highest BCUT2D eigenvalue weighted by Gasteiger charge is 2.44. The Morgan fingerprint density at radius 1 is 0.651 bits per heavy atom. The fourth-order valence-electron chi connectivity index (χ4n) is 4.92. The molecule has 0 amide bonds. The minimum absolute atomic E-state index is 0.125.